The Balaban J connectivity index is 1.90. The van der Waals surface area contributed by atoms with Crippen LogP contribution < -0.4 is 0 Å². The highest BCUT2D eigenvalue weighted by molar-refractivity contribution is 5.76. The minimum absolute atomic E-state index is 0.0497. The summed E-state index contributed by atoms with van der Waals surface area (Å²) in [5, 5.41) is 8.06. The number of terminal acetylenes is 1. The van der Waals surface area contributed by atoms with E-state index in [1.165, 1.54) is 5.56 Å². The number of carbonyl (C=O) groups excluding carboxylic acids is 1. The van der Waals surface area contributed by atoms with Gasteiger partial charge in [-0.25, -0.2) is 0 Å². The summed E-state index contributed by atoms with van der Waals surface area (Å²) in [6.45, 7) is 6.38. The first-order chi connectivity index (χ1) is 11.6. The second-order valence-electron chi connectivity index (χ2n) is 5.52. The number of aryl methyl sites for hydroxylation is 2. The molecule has 2 aromatic rings. The molecule has 1 aromatic carbocycles. The molecule has 0 saturated heterocycles. The van der Waals surface area contributed by atoms with Crippen molar-refractivity contribution in [1.29, 1.82) is 0 Å². The van der Waals surface area contributed by atoms with Crippen molar-refractivity contribution in [1.82, 2.24) is 15.1 Å². The second kappa shape index (κ2) is 8.68. The number of carbonyl (C=O) groups is 1. The van der Waals surface area contributed by atoms with Gasteiger partial charge in [0.15, 0.2) is 0 Å². The van der Waals surface area contributed by atoms with Gasteiger partial charge in [-0.1, -0.05) is 41.8 Å². The molecule has 1 aromatic heterocycles. The van der Waals surface area contributed by atoms with Crippen LogP contribution in [0.15, 0.2) is 41.3 Å². The first-order valence-corrected chi connectivity index (χ1v) is 7.81. The SMILES string of the molecule is C#CCN(CC=C)C(=O)CCc1nnc(Cc2cccc(C)c2)o1. The lowest BCUT2D eigenvalue weighted by Gasteiger charge is -2.17. The van der Waals surface area contributed by atoms with Gasteiger partial charge < -0.3 is 9.32 Å². The van der Waals surface area contributed by atoms with E-state index in [9.17, 15) is 4.79 Å². The molecule has 0 atom stereocenters. The molecule has 1 amide bonds. The van der Waals surface area contributed by atoms with Gasteiger partial charge in [0.05, 0.1) is 13.0 Å². The third-order valence-electron chi connectivity index (χ3n) is 3.48. The predicted molar refractivity (Wildman–Crippen MR) is 92.2 cm³/mol. The molecule has 1 heterocycles. The Kier molecular flexibility index (Phi) is 6.32. The Morgan fingerprint density at radius 2 is 2.21 bits per heavy atom. The molecule has 0 aliphatic heterocycles. The minimum atomic E-state index is -0.0497. The number of hydrogen-bond acceptors (Lipinski definition) is 4. The van der Waals surface area contributed by atoms with Crippen LogP contribution in [0.25, 0.3) is 0 Å². The maximum atomic E-state index is 12.1. The van der Waals surface area contributed by atoms with E-state index in [2.05, 4.69) is 28.8 Å². The zero-order valence-corrected chi connectivity index (χ0v) is 13.9. The molecule has 0 spiro atoms. The molecular formula is C19H21N3O2. The summed E-state index contributed by atoms with van der Waals surface area (Å²) in [5.41, 5.74) is 2.31. The lowest BCUT2D eigenvalue weighted by atomic mass is 10.1. The van der Waals surface area contributed by atoms with Crippen LogP contribution in [0, 0.1) is 19.3 Å². The topological polar surface area (TPSA) is 59.2 Å². The number of aromatic nitrogens is 2. The maximum Gasteiger partial charge on any atom is 0.224 e. The van der Waals surface area contributed by atoms with Gasteiger partial charge in [-0.2, -0.15) is 0 Å². The van der Waals surface area contributed by atoms with Crippen LogP contribution >= 0.6 is 0 Å². The van der Waals surface area contributed by atoms with Crippen LogP contribution in [0.3, 0.4) is 0 Å². The Morgan fingerprint density at radius 1 is 1.42 bits per heavy atom. The van der Waals surface area contributed by atoms with Gasteiger partial charge in [0.2, 0.25) is 17.7 Å². The fraction of sp³-hybridized carbons (Fsp3) is 0.316. The molecule has 0 radical (unpaired) electrons. The monoisotopic (exact) mass is 323 g/mol. The summed E-state index contributed by atoms with van der Waals surface area (Å²) in [4.78, 5) is 13.7. The van der Waals surface area contributed by atoms with Gasteiger partial charge in [-0.15, -0.1) is 23.2 Å². The van der Waals surface area contributed by atoms with E-state index in [1.54, 1.807) is 11.0 Å². The molecular weight excluding hydrogens is 302 g/mol. The highest BCUT2D eigenvalue weighted by Crippen LogP contribution is 2.11. The molecule has 5 nitrogen and oxygen atoms in total. The molecule has 124 valence electrons. The Bertz CT molecular complexity index is 743. The summed E-state index contributed by atoms with van der Waals surface area (Å²) in [7, 11) is 0. The minimum Gasteiger partial charge on any atom is -0.425 e. The average molecular weight is 323 g/mol. The molecule has 0 bridgehead atoms. The molecule has 24 heavy (non-hydrogen) atoms. The van der Waals surface area contributed by atoms with Gasteiger partial charge in [0, 0.05) is 19.4 Å². The second-order valence-corrected chi connectivity index (χ2v) is 5.52. The standard InChI is InChI=1S/C19H21N3O2/c1-4-11-22(12-5-2)19(23)10-9-17-20-21-18(24-17)14-16-8-6-7-15(3)13-16/h1,5-8,13H,2,9-12,14H2,3H3. The summed E-state index contributed by atoms with van der Waals surface area (Å²) in [6.07, 6.45) is 8.19. The van der Waals surface area contributed by atoms with Gasteiger partial charge in [0.1, 0.15) is 0 Å². The van der Waals surface area contributed by atoms with Gasteiger partial charge in [-0.05, 0) is 12.5 Å². The van der Waals surface area contributed by atoms with Crippen molar-refractivity contribution in [2.75, 3.05) is 13.1 Å². The maximum absolute atomic E-state index is 12.1. The molecule has 0 N–H and O–H groups in total. The highest BCUT2D eigenvalue weighted by Gasteiger charge is 2.14. The van der Waals surface area contributed by atoms with E-state index in [4.69, 9.17) is 10.8 Å². The number of rotatable bonds is 8. The Labute approximate surface area is 142 Å². The van der Waals surface area contributed by atoms with Crippen molar-refractivity contribution >= 4 is 5.91 Å². The van der Waals surface area contributed by atoms with Gasteiger partial charge in [-0.3, -0.25) is 4.79 Å². The number of nitrogens with zero attached hydrogens (tertiary/aromatic N) is 3. The zero-order valence-electron chi connectivity index (χ0n) is 13.9. The smallest absolute Gasteiger partial charge is 0.224 e. The molecule has 0 unspecified atom stereocenters. The molecule has 5 heteroatoms. The van der Waals surface area contributed by atoms with Gasteiger partial charge in [0.25, 0.3) is 0 Å². The molecule has 0 aliphatic rings. The van der Waals surface area contributed by atoms with E-state index < -0.39 is 0 Å². The third kappa shape index (κ3) is 5.10. The van der Waals surface area contributed by atoms with Crippen molar-refractivity contribution in [3.05, 3.63) is 59.8 Å². The number of benzene rings is 1. The van der Waals surface area contributed by atoms with Crippen molar-refractivity contribution in [3.8, 4) is 12.3 Å². The van der Waals surface area contributed by atoms with Crippen LogP contribution in [-0.2, 0) is 17.6 Å². The highest BCUT2D eigenvalue weighted by atomic mass is 16.4. The predicted octanol–water partition coefficient (Wildman–Crippen LogP) is 2.55. The average Bonchev–Trinajstić information content (AvgIpc) is 3.00. The van der Waals surface area contributed by atoms with Crippen molar-refractivity contribution in [3.63, 3.8) is 0 Å². The van der Waals surface area contributed by atoms with E-state index in [-0.39, 0.29) is 18.9 Å². The van der Waals surface area contributed by atoms with Crippen molar-refractivity contribution < 1.29 is 9.21 Å². The Hall–Kier alpha value is -2.87. The Morgan fingerprint density at radius 3 is 2.92 bits per heavy atom. The number of hydrogen-bond donors (Lipinski definition) is 0. The zero-order chi connectivity index (χ0) is 17.4. The lowest BCUT2D eigenvalue weighted by molar-refractivity contribution is -0.130. The largest absolute Gasteiger partial charge is 0.425 e. The first-order valence-electron chi connectivity index (χ1n) is 7.81. The summed E-state index contributed by atoms with van der Waals surface area (Å²) >= 11 is 0. The van der Waals surface area contributed by atoms with Crippen LogP contribution in [0.4, 0.5) is 0 Å². The van der Waals surface area contributed by atoms with Crippen LogP contribution in [-0.4, -0.2) is 34.1 Å². The fourth-order valence-corrected chi connectivity index (χ4v) is 2.35. The quantitative estimate of drug-likeness (QED) is 0.553. The van der Waals surface area contributed by atoms with Gasteiger partial charge >= 0.3 is 0 Å². The summed E-state index contributed by atoms with van der Waals surface area (Å²) in [5.74, 6) is 3.44. The molecule has 0 saturated carbocycles. The van der Waals surface area contributed by atoms with Crippen LogP contribution in [0.5, 0.6) is 0 Å². The van der Waals surface area contributed by atoms with Crippen LogP contribution in [0.1, 0.15) is 29.3 Å². The van der Waals surface area contributed by atoms with E-state index in [1.807, 2.05) is 25.1 Å². The third-order valence-corrected chi connectivity index (χ3v) is 3.48. The molecule has 0 fully saturated rings. The first kappa shape index (κ1) is 17.5. The summed E-state index contributed by atoms with van der Waals surface area (Å²) in [6, 6.07) is 8.15. The van der Waals surface area contributed by atoms with Crippen molar-refractivity contribution in [2.24, 2.45) is 0 Å². The van der Waals surface area contributed by atoms with Crippen molar-refractivity contribution in [2.45, 2.75) is 26.2 Å². The van der Waals surface area contributed by atoms with E-state index in [0.29, 0.717) is 31.2 Å². The number of amides is 1. The summed E-state index contributed by atoms with van der Waals surface area (Å²) < 4.78 is 5.62. The lowest BCUT2D eigenvalue weighted by Crippen LogP contribution is -2.31. The fourth-order valence-electron chi connectivity index (χ4n) is 2.35. The van der Waals surface area contributed by atoms with E-state index in [0.717, 1.165) is 5.56 Å². The molecule has 2 rings (SSSR count). The normalized spacial score (nSPS) is 10.2. The van der Waals surface area contributed by atoms with Crippen LogP contribution in [0.2, 0.25) is 0 Å². The molecule has 0 aliphatic carbocycles. The van der Waals surface area contributed by atoms with E-state index >= 15 is 0 Å².